The zero-order chi connectivity index (χ0) is 22.6. The van der Waals surface area contributed by atoms with E-state index in [0.717, 1.165) is 0 Å². The molecule has 2 heterocycles. The second-order valence-corrected chi connectivity index (χ2v) is 7.69. The standard InChI is InChI=1S/C21H30N4O5/c1-7-9-24-18-17(19(27)23-21(24)29)14(10-15(22-18)12(3)4)20(28)25(13(5)6)11-16(26)30-8-2/h10,12-13H,7-9,11H2,1-6H3,(H,23,27,29). The number of carbonyl (C=O) groups is 2. The summed E-state index contributed by atoms with van der Waals surface area (Å²) < 4.78 is 6.37. The van der Waals surface area contributed by atoms with Gasteiger partial charge in [-0.05, 0) is 39.2 Å². The maximum Gasteiger partial charge on any atom is 0.329 e. The number of esters is 1. The Morgan fingerprint density at radius 2 is 1.87 bits per heavy atom. The Bertz CT molecular complexity index is 1050. The van der Waals surface area contributed by atoms with Gasteiger partial charge in [0.15, 0.2) is 5.65 Å². The van der Waals surface area contributed by atoms with Crippen molar-refractivity contribution in [3.05, 3.63) is 38.2 Å². The van der Waals surface area contributed by atoms with Gasteiger partial charge in [-0.3, -0.25) is 23.9 Å². The van der Waals surface area contributed by atoms with Crippen molar-refractivity contribution in [2.24, 2.45) is 0 Å². The predicted molar refractivity (Wildman–Crippen MR) is 114 cm³/mol. The number of nitrogens with one attached hydrogen (secondary N) is 1. The Kier molecular flexibility index (Phi) is 7.53. The number of aryl methyl sites for hydroxylation is 1. The minimum Gasteiger partial charge on any atom is -0.465 e. The number of carbonyl (C=O) groups excluding carboxylic acids is 2. The molecule has 0 spiro atoms. The lowest BCUT2D eigenvalue weighted by Gasteiger charge is -2.26. The van der Waals surface area contributed by atoms with Crippen molar-refractivity contribution < 1.29 is 14.3 Å². The normalized spacial score (nSPS) is 11.3. The molecule has 0 atom stereocenters. The first-order valence-corrected chi connectivity index (χ1v) is 10.3. The van der Waals surface area contributed by atoms with Crippen molar-refractivity contribution in [3.63, 3.8) is 0 Å². The molecule has 2 rings (SSSR count). The first-order valence-electron chi connectivity index (χ1n) is 10.3. The summed E-state index contributed by atoms with van der Waals surface area (Å²) in [4.78, 5) is 58.8. The van der Waals surface area contributed by atoms with Crippen LogP contribution in [0.15, 0.2) is 15.7 Å². The van der Waals surface area contributed by atoms with E-state index in [-0.39, 0.29) is 41.7 Å². The second-order valence-electron chi connectivity index (χ2n) is 7.69. The van der Waals surface area contributed by atoms with Gasteiger partial charge in [-0.25, -0.2) is 9.78 Å². The lowest BCUT2D eigenvalue weighted by Crippen LogP contribution is -2.42. The SMILES string of the molecule is CCCn1c(=O)[nH]c(=O)c2c(C(=O)N(CC(=O)OCC)C(C)C)cc(C(C)C)nc21. The average Bonchev–Trinajstić information content (AvgIpc) is 2.67. The van der Waals surface area contributed by atoms with Crippen LogP contribution in [-0.2, 0) is 16.1 Å². The van der Waals surface area contributed by atoms with Crippen molar-refractivity contribution >= 4 is 22.9 Å². The van der Waals surface area contributed by atoms with Gasteiger partial charge in [0, 0.05) is 18.3 Å². The van der Waals surface area contributed by atoms with Crippen molar-refractivity contribution in [3.8, 4) is 0 Å². The van der Waals surface area contributed by atoms with Crippen molar-refractivity contribution in [1.29, 1.82) is 0 Å². The largest absolute Gasteiger partial charge is 0.465 e. The second kappa shape index (κ2) is 9.69. The molecule has 0 unspecified atom stereocenters. The zero-order valence-electron chi connectivity index (χ0n) is 18.4. The molecule has 0 saturated carbocycles. The molecule has 0 bridgehead atoms. The van der Waals surface area contributed by atoms with E-state index in [9.17, 15) is 19.2 Å². The van der Waals surface area contributed by atoms with Crippen LogP contribution >= 0.6 is 0 Å². The first kappa shape index (κ1) is 23.3. The lowest BCUT2D eigenvalue weighted by atomic mass is 10.0. The molecule has 2 aromatic rings. The highest BCUT2D eigenvalue weighted by Gasteiger charge is 2.27. The van der Waals surface area contributed by atoms with E-state index >= 15 is 0 Å². The Morgan fingerprint density at radius 1 is 1.20 bits per heavy atom. The van der Waals surface area contributed by atoms with E-state index in [4.69, 9.17) is 4.74 Å². The number of aromatic nitrogens is 3. The van der Waals surface area contributed by atoms with Crippen LogP contribution in [-0.4, -0.2) is 50.5 Å². The van der Waals surface area contributed by atoms with Crippen LogP contribution in [0.2, 0.25) is 0 Å². The molecule has 1 N–H and O–H groups in total. The molecule has 0 saturated heterocycles. The van der Waals surface area contributed by atoms with E-state index in [0.29, 0.717) is 18.7 Å². The number of pyridine rings is 1. The molecular weight excluding hydrogens is 388 g/mol. The highest BCUT2D eigenvalue weighted by molar-refractivity contribution is 6.06. The predicted octanol–water partition coefficient (Wildman–Crippen LogP) is 2.03. The minimum atomic E-state index is -0.673. The number of amides is 1. The number of nitrogens with zero attached hydrogens (tertiary/aromatic N) is 3. The van der Waals surface area contributed by atoms with Gasteiger partial charge in [0.25, 0.3) is 11.5 Å². The highest BCUT2D eigenvalue weighted by Crippen LogP contribution is 2.22. The van der Waals surface area contributed by atoms with E-state index in [1.165, 1.54) is 9.47 Å². The molecule has 0 aliphatic heterocycles. The van der Waals surface area contributed by atoms with Crippen LogP contribution in [0.5, 0.6) is 0 Å². The zero-order valence-corrected chi connectivity index (χ0v) is 18.4. The molecular formula is C21H30N4O5. The van der Waals surface area contributed by atoms with Crippen molar-refractivity contribution in [2.75, 3.05) is 13.2 Å². The Balaban J connectivity index is 2.79. The molecule has 1 amide bonds. The topological polar surface area (TPSA) is 114 Å². The molecule has 0 aromatic carbocycles. The number of rotatable bonds is 8. The number of ether oxygens (including phenoxy) is 1. The molecule has 0 radical (unpaired) electrons. The van der Waals surface area contributed by atoms with Gasteiger partial charge >= 0.3 is 11.7 Å². The molecule has 9 heteroatoms. The van der Waals surface area contributed by atoms with Crippen LogP contribution < -0.4 is 11.2 Å². The third kappa shape index (κ3) is 4.77. The monoisotopic (exact) mass is 418 g/mol. The summed E-state index contributed by atoms with van der Waals surface area (Å²) in [7, 11) is 0. The van der Waals surface area contributed by atoms with Crippen LogP contribution in [0.3, 0.4) is 0 Å². The minimum absolute atomic E-state index is 0.0389. The van der Waals surface area contributed by atoms with Gasteiger partial charge in [-0.2, -0.15) is 0 Å². The van der Waals surface area contributed by atoms with Gasteiger partial charge in [0.1, 0.15) is 6.54 Å². The summed E-state index contributed by atoms with van der Waals surface area (Å²) in [6.45, 7) is 11.3. The molecule has 0 fully saturated rings. The number of aromatic amines is 1. The quantitative estimate of drug-likeness (QED) is 0.656. The number of hydrogen-bond acceptors (Lipinski definition) is 6. The van der Waals surface area contributed by atoms with E-state index < -0.39 is 23.1 Å². The molecule has 2 aromatic heterocycles. The fourth-order valence-electron chi connectivity index (χ4n) is 3.18. The van der Waals surface area contributed by atoms with E-state index in [1.54, 1.807) is 26.8 Å². The third-order valence-corrected chi connectivity index (χ3v) is 4.73. The van der Waals surface area contributed by atoms with E-state index in [1.807, 2.05) is 20.8 Å². The van der Waals surface area contributed by atoms with Gasteiger partial charge in [0.2, 0.25) is 0 Å². The van der Waals surface area contributed by atoms with Gasteiger partial charge in [0.05, 0.1) is 17.6 Å². The van der Waals surface area contributed by atoms with Crippen LogP contribution in [0.1, 0.15) is 69.9 Å². The molecule has 9 nitrogen and oxygen atoms in total. The van der Waals surface area contributed by atoms with E-state index in [2.05, 4.69) is 9.97 Å². The summed E-state index contributed by atoms with van der Waals surface area (Å²) >= 11 is 0. The van der Waals surface area contributed by atoms with Crippen molar-refractivity contribution in [1.82, 2.24) is 19.4 Å². The Hall–Kier alpha value is -2.97. The molecule has 164 valence electrons. The molecule has 0 aliphatic rings. The van der Waals surface area contributed by atoms with Gasteiger partial charge < -0.3 is 9.64 Å². The van der Waals surface area contributed by atoms with Gasteiger partial charge in [-0.1, -0.05) is 20.8 Å². The van der Waals surface area contributed by atoms with Crippen LogP contribution in [0, 0.1) is 0 Å². The highest BCUT2D eigenvalue weighted by atomic mass is 16.5. The Labute approximate surface area is 175 Å². The number of H-pyrrole nitrogens is 1. The maximum absolute atomic E-state index is 13.5. The summed E-state index contributed by atoms with van der Waals surface area (Å²) in [6.07, 6.45) is 0.652. The summed E-state index contributed by atoms with van der Waals surface area (Å²) in [5.41, 5.74) is -0.352. The molecule has 30 heavy (non-hydrogen) atoms. The molecule has 0 aliphatic carbocycles. The first-order chi connectivity index (χ1) is 14.1. The number of fused-ring (bicyclic) bond motifs is 1. The smallest absolute Gasteiger partial charge is 0.329 e. The number of hydrogen-bond donors (Lipinski definition) is 1. The van der Waals surface area contributed by atoms with Crippen LogP contribution in [0.25, 0.3) is 11.0 Å². The van der Waals surface area contributed by atoms with Gasteiger partial charge in [-0.15, -0.1) is 0 Å². The lowest BCUT2D eigenvalue weighted by molar-refractivity contribution is -0.144. The summed E-state index contributed by atoms with van der Waals surface area (Å²) in [6, 6.07) is 1.26. The van der Waals surface area contributed by atoms with Crippen LogP contribution in [0.4, 0.5) is 0 Å². The fraction of sp³-hybridized carbons (Fsp3) is 0.571. The summed E-state index contributed by atoms with van der Waals surface area (Å²) in [5, 5.41) is 0.0481. The third-order valence-electron chi connectivity index (χ3n) is 4.73. The Morgan fingerprint density at radius 3 is 2.40 bits per heavy atom. The maximum atomic E-state index is 13.5. The average molecular weight is 418 g/mol. The fourth-order valence-corrected chi connectivity index (χ4v) is 3.18. The van der Waals surface area contributed by atoms with Crippen molar-refractivity contribution in [2.45, 2.75) is 66.5 Å². The summed E-state index contributed by atoms with van der Waals surface area (Å²) in [5.74, 6) is -1.05.